The van der Waals surface area contributed by atoms with Gasteiger partial charge in [-0.2, -0.15) is 0 Å². The van der Waals surface area contributed by atoms with Crippen LogP contribution in [-0.2, 0) is 9.53 Å². The molecule has 3 heterocycles. The number of fused-ring (bicyclic) bond motifs is 1. The van der Waals surface area contributed by atoms with E-state index in [1.54, 1.807) is 0 Å². The third-order valence-corrected chi connectivity index (χ3v) is 4.88. The van der Waals surface area contributed by atoms with Crippen molar-refractivity contribution < 1.29 is 9.53 Å². The van der Waals surface area contributed by atoms with Gasteiger partial charge in [0.2, 0.25) is 0 Å². The summed E-state index contributed by atoms with van der Waals surface area (Å²) in [4.78, 5) is 21.3. The maximum atomic E-state index is 12.5. The third-order valence-electron chi connectivity index (χ3n) is 4.88. The normalized spacial score (nSPS) is 23.2. The molecular weight excluding hydrogens is 302 g/mol. The second-order valence-electron chi connectivity index (χ2n) is 6.52. The van der Waals surface area contributed by atoms with Crippen LogP contribution in [0.1, 0.15) is 31.2 Å². The molecule has 1 aromatic carbocycles. The van der Waals surface area contributed by atoms with Crippen LogP contribution in [0.3, 0.4) is 0 Å². The predicted octanol–water partition coefficient (Wildman–Crippen LogP) is 2.68. The highest BCUT2D eigenvalue weighted by molar-refractivity contribution is 6.14. The van der Waals surface area contributed by atoms with Crippen molar-refractivity contribution in [2.75, 3.05) is 37.7 Å². The Labute approximate surface area is 142 Å². The van der Waals surface area contributed by atoms with E-state index in [0.29, 0.717) is 5.70 Å². The van der Waals surface area contributed by atoms with Crippen LogP contribution in [0, 0.1) is 0 Å². The maximum absolute atomic E-state index is 12.5. The van der Waals surface area contributed by atoms with E-state index < -0.39 is 0 Å². The lowest BCUT2D eigenvalue weighted by atomic mass is 10.1. The Morgan fingerprint density at radius 1 is 1.00 bits per heavy atom. The Bertz CT molecular complexity index is 672. The van der Waals surface area contributed by atoms with Crippen molar-refractivity contribution in [2.45, 2.75) is 25.7 Å². The first-order chi connectivity index (χ1) is 11.8. The summed E-state index contributed by atoms with van der Waals surface area (Å²) in [6.07, 6.45) is 6.22. The summed E-state index contributed by atoms with van der Waals surface area (Å²) in [5.41, 5.74) is 2.81. The number of nitrogens with zero attached hydrogens (tertiary/aromatic N) is 3. The minimum atomic E-state index is 0.0594. The molecule has 0 aromatic heterocycles. The van der Waals surface area contributed by atoms with E-state index in [0.717, 1.165) is 63.5 Å². The molecule has 1 amide bonds. The number of carbonyl (C=O) groups excluding carboxylic acids is 1. The van der Waals surface area contributed by atoms with Crippen LogP contribution in [0.25, 0.3) is 6.08 Å². The zero-order chi connectivity index (χ0) is 16.4. The highest BCUT2D eigenvalue weighted by Gasteiger charge is 2.30. The number of anilines is 1. The molecular formula is C19H23N3O2. The van der Waals surface area contributed by atoms with Crippen molar-refractivity contribution in [3.05, 3.63) is 35.5 Å². The number of carbonyl (C=O) groups is 1. The number of amides is 1. The number of hydrogen-bond donors (Lipinski definition) is 0. The van der Waals surface area contributed by atoms with Gasteiger partial charge in [0.25, 0.3) is 5.91 Å². The van der Waals surface area contributed by atoms with Crippen molar-refractivity contribution in [3.63, 3.8) is 0 Å². The Morgan fingerprint density at radius 3 is 2.58 bits per heavy atom. The first-order valence-electron chi connectivity index (χ1n) is 8.85. The fraction of sp³-hybridized carbons (Fsp3) is 0.474. The Balaban J connectivity index is 1.52. The van der Waals surface area contributed by atoms with Gasteiger partial charge < -0.3 is 9.64 Å². The van der Waals surface area contributed by atoms with E-state index in [1.165, 1.54) is 12.1 Å². The van der Waals surface area contributed by atoms with Crippen LogP contribution >= 0.6 is 0 Å². The van der Waals surface area contributed by atoms with E-state index >= 15 is 0 Å². The summed E-state index contributed by atoms with van der Waals surface area (Å²) in [5, 5.41) is 0. The SMILES string of the molecule is O=C1/C(=C/c2ccc(N3CCOCC3)cc2)N=C2CCCCCN12. The number of hydrogen-bond acceptors (Lipinski definition) is 4. The molecule has 4 rings (SSSR count). The second kappa shape index (κ2) is 6.77. The van der Waals surface area contributed by atoms with Gasteiger partial charge in [-0.15, -0.1) is 0 Å². The second-order valence-corrected chi connectivity index (χ2v) is 6.52. The van der Waals surface area contributed by atoms with E-state index in [4.69, 9.17) is 4.74 Å². The number of morpholine rings is 1. The number of rotatable bonds is 2. The Hall–Kier alpha value is -2.14. The monoisotopic (exact) mass is 325 g/mol. The standard InChI is InChI=1S/C19H23N3O2/c23-19-17(20-18-4-2-1-3-9-22(18)19)14-15-5-7-16(8-6-15)21-10-12-24-13-11-21/h5-8,14H,1-4,9-13H2/b17-14-. The number of ether oxygens (including phenoxy) is 1. The van der Waals surface area contributed by atoms with Gasteiger partial charge in [0.1, 0.15) is 11.5 Å². The summed E-state index contributed by atoms with van der Waals surface area (Å²) < 4.78 is 5.39. The van der Waals surface area contributed by atoms with Crippen LogP contribution < -0.4 is 4.90 Å². The molecule has 5 nitrogen and oxygen atoms in total. The third kappa shape index (κ3) is 3.08. The van der Waals surface area contributed by atoms with Crippen LogP contribution in [-0.4, -0.2) is 49.5 Å². The summed E-state index contributed by atoms with van der Waals surface area (Å²) in [6.45, 7) is 4.25. The molecule has 0 aliphatic carbocycles. The average molecular weight is 325 g/mol. The maximum Gasteiger partial charge on any atom is 0.277 e. The molecule has 0 saturated carbocycles. The largest absolute Gasteiger partial charge is 0.378 e. The van der Waals surface area contributed by atoms with Crippen molar-refractivity contribution in [1.29, 1.82) is 0 Å². The number of aliphatic imine (C=N–C) groups is 1. The van der Waals surface area contributed by atoms with Crippen molar-refractivity contribution >= 4 is 23.5 Å². The van der Waals surface area contributed by atoms with Gasteiger partial charge in [0.05, 0.1) is 13.2 Å². The van der Waals surface area contributed by atoms with Crippen LogP contribution in [0.4, 0.5) is 5.69 Å². The lowest BCUT2D eigenvalue weighted by Gasteiger charge is -2.28. The van der Waals surface area contributed by atoms with Crippen molar-refractivity contribution in [1.82, 2.24) is 4.90 Å². The molecule has 0 bridgehead atoms. The fourth-order valence-electron chi connectivity index (χ4n) is 3.51. The molecule has 0 unspecified atom stereocenters. The Kier molecular flexibility index (Phi) is 4.34. The zero-order valence-corrected chi connectivity index (χ0v) is 13.9. The molecule has 3 aliphatic heterocycles. The fourth-order valence-corrected chi connectivity index (χ4v) is 3.51. The topological polar surface area (TPSA) is 45.1 Å². The number of benzene rings is 1. The molecule has 0 radical (unpaired) electrons. The molecule has 126 valence electrons. The zero-order valence-electron chi connectivity index (χ0n) is 13.9. The van der Waals surface area contributed by atoms with Crippen LogP contribution in [0.15, 0.2) is 35.0 Å². The minimum Gasteiger partial charge on any atom is -0.378 e. The van der Waals surface area contributed by atoms with E-state index in [9.17, 15) is 4.79 Å². The quantitative estimate of drug-likeness (QED) is 0.785. The molecule has 0 atom stereocenters. The Morgan fingerprint density at radius 2 is 1.79 bits per heavy atom. The van der Waals surface area contributed by atoms with Gasteiger partial charge in [0, 0.05) is 31.7 Å². The van der Waals surface area contributed by atoms with Crippen LogP contribution in [0.2, 0.25) is 0 Å². The smallest absolute Gasteiger partial charge is 0.277 e. The highest BCUT2D eigenvalue weighted by atomic mass is 16.5. The molecule has 0 spiro atoms. The van der Waals surface area contributed by atoms with Gasteiger partial charge >= 0.3 is 0 Å². The summed E-state index contributed by atoms with van der Waals surface area (Å²) in [5.74, 6) is 1.01. The molecule has 1 aromatic rings. The molecule has 3 aliphatic rings. The molecule has 5 heteroatoms. The molecule has 0 N–H and O–H groups in total. The van der Waals surface area contributed by atoms with E-state index in [-0.39, 0.29) is 5.91 Å². The first-order valence-corrected chi connectivity index (χ1v) is 8.85. The van der Waals surface area contributed by atoms with Gasteiger partial charge in [0.15, 0.2) is 0 Å². The van der Waals surface area contributed by atoms with Crippen molar-refractivity contribution in [3.8, 4) is 0 Å². The van der Waals surface area contributed by atoms with E-state index in [2.05, 4.69) is 34.2 Å². The van der Waals surface area contributed by atoms with Gasteiger partial charge in [-0.1, -0.05) is 18.6 Å². The molecule has 2 fully saturated rings. The lowest BCUT2D eigenvalue weighted by Crippen LogP contribution is -2.36. The summed E-state index contributed by atoms with van der Waals surface area (Å²) in [7, 11) is 0. The number of amidine groups is 1. The van der Waals surface area contributed by atoms with Gasteiger partial charge in [-0.05, 0) is 36.6 Å². The molecule has 24 heavy (non-hydrogen) atoms. The molecule has 2 saturated heterocycles. The summed E-state index contributed by atoms with van der Waals surface area (Å²) >= 11 is 0. The minimum absolute atomic E-state index is 0.0594. The van der Waals surface area contributed by atoms with Gasteiger partial charge in [-0.3, -0.25) is 9.69 Å². The highest BCUT2D eigenvalue weighted by Crippen LogP contribution is 2.25. The van der Waals surface area contributed by atoms with Gasteiger partial charge in [-0.25, -0.2) is 4.99 Å². The van der Waals surface area contributed by atoms with Crippen molar-refractivity contribution in [2.24, 2.45) is 4.99 Å². The predicted molar refractivity (Wildman–Crippen MR) is 95.1 cm³/mol. The lowest BCUT2D eigenvalue weighted by molar-refractivity contribution is -0.122. The van der Waals surface area contributed by atoms with Crippen LogP contribution in [0.5, 0.6) is 0 Å². The first kappa shape index (κ1) is 15.4. The van der Waals surface area contributed by atoms with E-state index in [1.807, 2.05) is 11.0 Å². The summed E-state index contributed by atoms with van der Waals surface area (Å²) in [6, 6.07) is 8.36. The average Bonchev–Trinajstić information content (AvgIpc) is 2.79.